The number of likely N-dealkylation sites (tertiary alicyclic amines) is 1. The summed E-state index contributed by atoms with van der Waals surface area (Å²) in [4.78, 5) is 122. The third-order valence-electron chi connectivity index (χ3n) is 12.6. The van der Waals surface area contributed by atoms with Crippen LogP contribution in [0.3, 0.4) is 0 Å². The van der Waals surface area contributed by atoms with Gasteiger partial charge in [0.05, 0.1) is 30.3 Å². The summed E-state index contributed by atoms with van der Waals surface area (Å²) in [5.41, 5.74) is 32.8. The lowest BCUT2D eigenvalue weighted by atomic mass is 9.97. The molecule has 78 heavy (non-hydrogen) atoms. The standard InChI is InChI=1S/C49H80F3N15O11/c1-28(62-45(75)40(38(69)26-56)66-42(72)32(57)10-2-4-20-53)41(71)61-27-39(70)63-34(12-6-22-55)46(76)67-24-8-13-36(67)44(74)65-35(25-29-14-17-31(18-15-29)49(50,51)52)43(73)64-33(11-3-5-21-54)37(68)19-16-30(47(77)78)9-7-23-60-48(58)59/h9,14-15,17-18,28,32-36,38,40,69H,2-8,10-13,16,19-27,53-57H2,1H3,(H,61,71)(H,62,75)(H,63,70)(H,64,73)(H,65,74)(H,66,72)(H,77,78)(H4,58,59,60)/b30-9+/t28-,32-,33-,34+,35-,36-,38-,40-/m0/s1. The van der Waals surface area contributed by atoms with Crippen molar-refractivity contribution in [3.63, 3.8) is 0 Å². The van der Waals surface area contributed by atoms with Crippen molar-refractivity contribution in [2.24, 2.45) is 34.4 Å². The predicted octanol–water partition coefficient (Wildman–Crippen LogP) is -3.32. The number of halogens is 3. The molecule has 0 aromatic heterocycles. The average Bonchev–Trinajstić information content (AvgIpc) is 3.90. The first-order chi connectivity index (χ1) is 36.9. The molecule has 2 rings (SSSR count). The number of nitrogens with zero attached hydrogens (tertiary/aromatic N) is 1. The number of rotatable bonds is 36. The largest absolute Gasteiger partial charge is 0.478 e. The summed E-state index contributed by atoms with van der Waals surface area (Å²) >= 11 is 0. The van der Waals surface area contributed by atoms with Gasteiger partial charge in [0.2, 0.25) is 41.4 Å². The molecule has 26 nitrogen and oxygen atoms in total. The van der Waals surface area contributed by atoms with E-state index in [1.165, 1.54) is 17.9 Å². The lowest BCUT2D eigenvalue weighted by Crippen LogP contribution is -2.60. The van der Waals surface area contributed by atoms with E-state index in [1.807, 2.05) is 0 Å². The first-order valence-electron chi connectivity index (χ1n) is 25.9. The summed E-state index contributed by atoms with van der Waals surface area (Å²) in [6.45, 7) is 1.01. The van der Waals surface area contributed by atoms with Gasteiger partial charge in [-0.1, -0.05) is 24.6 Å². The minimum absolute atomic E-state index is 0.0150. The molecule has 22 N–H and O–H groups in total. The minimum atomic E-state index is -4.68. The highest BCUT2D eigenvalue weighted by Gasteiger charge is 2.40. The maximum absolute atomic E-state index is 14.2. The fourth-order valence-electron chi connectivity index (χ4n) is 8.19. The van der Waals surface area contributed by atoms with Crippen LogP contribution in [0.5, 0.6) is 0 Å². The van der Waals surface area contributed by atoms with Gasteiger partial charge in [-0.3, -0.25) is 43.8 Å². The van der Waals surface area contributed by atoms with Crippen molar-refractivity contribution >= 4 is 59.1 Å². The highest BCUT2D eigenvalue weighted by atomic mass is 19.4. The number of nitrogens with one attached hydrogen (secondary N) is 8. The molecule has 1 aromatic rings. The van der Waals surface area contributed by atoms with Crippen molar-refractivity contribution in [1.29, 1.82) is 5.41 Å². The molecule has 438 valence electrons. The van der Waals surface area contributed by atoms with E-state index < -0.39 is 126 Å². The molecule has 1 heterocycles. The van der Waals surface area contributed by atoms with Gasteiger partial charge in [0.15, 0.2) is 11.7 Å². The monoisotopic (exact) mass is 1110 g/mol. The van der Waals surface area contributed by atoms with Gasteiger partial charge >= 0.3 is 12.1 Å². The Hall–Kier alpha value is -6.79. The topological polar surface area (TPSA) is 462 Å². The highest BCUT2D eigenvalue weighted by molar-refractivity contribution is 5.98. The number of Topliss-reactive ketones (excluding diaryl/α,β-unsaturated/α-hetero) is 1. The first-order valence-corrected chi connectivity index (χ1v) is 25.9. The number of aliphatic hydroxyl groups is 1. The minimum Gasteiger partial charge on any atom is -0.478 e. The van der Waals surface area contributed by atoms with Crippen LogP contribution in [-0.2, 0) is 55.7 Å². The Balaban J connectivity index is 2.30. The van der Waals surface area contributed by atoms with E-state index >= 15 is 0 Å². The van der Waals surface area contributed by atoms with Crippen molar-refractivity contribution in [1.82, 2.24) is 42.1 Å². The Kier molecular flexibility index (Phi) is 30.1. The van der Waals surface area contributed by atoms with Crippen LogP contribution in [0.4, 0.5) is 13.2 Å². The lowest BCUT2D eigenvalue weighted by Gasteiger charge is -2.30. The molecule has 0 spiro atoms. The number of nitrogens with two attached hydrogens (primary N) is 6. The number of hydrogen-bond acceptors (Lipinski definition) is 16. The van der Waals surface area contributed by atoms with E-state index in [4.69, 9.17) is 39.8 Å². The predicted molar refractivity (Wildman–Crippen MR) is 280 cm³/mol. The number of carboxylic acid groups (broad SMARTS) is 1. The van der Waals surface area contributed by atoms with Crippen LogP contribution >= 0.6 is 0 Å². The molecule has 1 aliphatic rings. The summed E-state index contributed by atoms with van der Waals surface area (Å²) in [5.74, 6) is -8.09. The van der Waals surface area contributed by atoms with Crippen LogP contribution in [0.2, 0.25) is 0 Å². The van der Waals surface area contributed by atoms with E-state index in [-0.39, 0.29) is 101 Å². The van der Waals surface area contributed by atoms with E-state index in [0.717, 1.165) is 24.3 Å². The van der Waals surface area contributed by atoms with E-state index in [2.05, 4.69) is 37.2 Å². The van der Waals surface area contributed by atoms with Gasteiger partial charge in [0, 0.05) is 38.0 Å². The first kappa shape index (κ1) is 67.3. The molecule has 7 amide bonds. The average molecular weight is 1110 g/mol. The number of unbranched alkanes of at least 4 members (excludes halogenated alkanes) is 2. The second kappa shape index (κ2) is 34.9. The number of amides is 7. The van der Waals surface area contributed by atoms with Crippen LogP contribution in [0, 0.1) is 5.41 Å². The number of ketones is 1. The highest BCUT2D eigenvalue weighted by Crippen LogP contribution is 2.29. The van der Waals surface area contributed by atoms with Gasteiger partial charge in [-0.25, -0.2) is 4.79 Å². The molecule has 0 saturated carbocycles. The quantitative estimate of drug-likeness (QED) is 0.0135. The van der Waals surface area contributed by atoms with Crippen molar-refractivity contribution in [3.05, 3.63) is 47.0 Å². The number of carbonyl (C=O) groups is 9. The normalized spacial score (nSPS) is 16.3. The maximum Gasteiger partial charge on any atom is 0.416 e. The van der Waals surface area contributed by atoms with Crippen molar-refractivity contribution in [2.75, 3.05) is 45.8 Å². The summed E-state index contributed by atoms with van der Waals surface area (Å²) in [6.07, 6.45) is -2.82. The number of carboxylic acids is 1. The van der Waals surface area contributed by atoms with Gasteiger partial charge in [-0.15, -0.1) is 0 Å². The summed E-state index contributed by atoms with van der Waals surface area (Å²) in [5, 5.41) is 44.8. The Morgan fingerprint density at radius 1 is 0.769 bits per heavy atom. The van der Waals surface area contributed by atoms with Crippen LogP contribution in [0.15, 0.2) is 35.9 Å². The molecular formula is C49H80F3N15O11. The fraction of sp³-hybridized carbons (Fsp3) is 0.633. The van der Waals surface area contributed by atoms with E-state index in [1.54, 1.807) is 0 Å². The molecule has 1 saturated heterocycles. The molecule has 8 atom stereocenters. The van der Waals surface area contributed by atoms with Gasteiger partial charge in [0.25, 0.3) is 0 Å². The zero-order valence-electron chi connectivity index (χ0n) is 44.0. The molecule has 0 unspecified atom stereocenters. The molecule has 0 bridgehead atoms. The van der Waals surface area contributed by atoms with Crippen LogP contribution < -0.4 is 71.6 Å². The third-order valence-corrected chi connectivity index (χ3v) is 12.6. The Morgan fingerprint density at radius 3 is 1.99 bits per heavy atom. The Morgan fingerprint density at radius 2 is 1.40 bits per heavy atom. The molecule has 29 heteroatoms. The van der Waals surface area contributed by atoms with Gasteiger partial charge in [-0.05, 0) is 115 Å². The molecule has 1 aromatic carbocycles. The van der Waals surface area contributed by atoms with Gasteiger partial charge < -0.3 is 86.7 Å². The van der Waals surface area contributed by atoms with E-state index in [0.29, 0.717) is 38.6 Å². The number of aliphatic hydroxyl groups excluding tert-OH is 1. The second-order valence-corrected chi connectivity index (χ2v) is 18.8. The molecule has 1 aliphatic heterocycles. The Labute approximate surface area is 450 Å². The van der Waals surface area contributed by atoms with Gasteiger partial charge in [-0.2, -0.15) is 13.2 Å². The molecule has 0 aliphatic carbocycles. The van der Waals surface area contributed by atoms with Crippen LogP contribution in [0.1, 0.15) is 102 Å². The molecule has 0 radical (unpaired) electrons. The van der Waals surface area contributed by atoms with Crippen molar-refractivity contribution in [2.45, 2.75) is 151 Å². The zero-order chi connectivity index (χ0) is 58.5. The summed E-state index contributed by atoms with van der Waals surface area (Å²) < 4.78 is 40.5. The maximum atomic E-state index is 14.2. The summed E-state index contributed by atoms with van der Waals surface area (Å²) in [6, 6.07) is -5.37. The third kappa shape index (κ3) is 23.8. The summed E-state index contributed by atoms with van der Waals surface area (Å²) in [7, 11) is 0. The smallest absolute Gasteiger partial charge is 0.416 e. The van der Waals surface area contributed by atoms with Gasteiger partial charge in [0.1, 0.15) is 30.2 Å². The number of alkyl halides is 3. The second-order valence-electron chi connectivity index (χ2n) is 18.8. The van der Waals surface area contributed by atoms with E-state index in [9.17, 15) is 66.5 Å². The number of benzene rings is 1. The molecular weight excluding hydrogens is 1030 g/mol. The van der Waals surface area contributed by atoms with Crippen LogP contribution in [0.25, 0.3) is 0 Å². The van der Waals surface area contributed by atoms with Crippen LogP contribution in [-0.4, -0.2) is 168 Å². The SMILES string of the molecule is C[C@H](NC(=O)[C@@H](NC(=O)[C@@H](N)CCCCN)[C@@H](O)CN)C(=O)NCC(=O)N[C@H](CCCN)C(=O)N1CCC[C@H]1C(=O)N[C@@H](Cc1ccc(C(F)(F)F)cc1)C(=O)N[C@@H](CCCCN)C(=O)CC/C(=C\CCNC(=N)N)C(=O)O. The lowest BCUT2D eigenvalue weighted by molar-refractivity contribution is -0.142. The number of carbonyl (C=O) groups excluding carboxylic acids is 8. The van der Waals surface area contributed by atoms with Crippen molar-refractivity contribution in [3.8, 4) is 0 Å². The number of guanidine groups is 1. The number of aliphatic carboxylic acids is 1. The van der Waals surface area contributed by atoms with Crippen molar-refractivity contribution < 1.29 is 66.5 Å². The molecule has 1 fully saturated rings. The number of hydrogen-bond donors (Lipinski definition) is 16. The zero-order valence-corrected chi connectivity index (χ0v) is 44.0. The fourth-order valence-corrected chi connectivity index (χ4v) is 8.19. The Bertz CT molecular complexity index is 2210.